The lowest BCUT2D eigenvalue weighted by Crippen LogP contribution is -2.35. The van der Waals surface area contributed by atoms with Crippen molar-refractivity contribution in [1.82, 2.24) is 14.9 Å². The molecule has 2 N–H and O–H groups in total. The molecule has 0 unspecified atom stereocenters. The average molecular weight is 300 g/mol. The number of hydrogen-bond acceptors (Lipinski definition) is 5. The number of ether oxygens (including phenoxy) is 1. The first-order valence-electron chi connectivity index (χ1n) is 7.47. The maximum Gasteiger partial charge on any atom is 0.252 e. The molecule has 2 aromatic heterocycles. The number of morpholine rings is 1. The van der Waals surface area contributed by atoms with E-state index in [0.717, 1.165) is 38.7 Å². The number of anilines is 1. The molecule has 1 aliphatic rings. The van der Waals surface area contributed by atoms with E-state index < -0.39 is 0 Å². The number of rotatable bonds is 5. The van der Waals surface area contributed by atoms with E-state index in [-0.39, 0.29) is 5.56 Å². The molecular formula is C16H20N4O2. The van der Waals surface area contributed by atoms with E-state index in [1.807, 2.05) is 18.3 Å². The predicted molar refractivity (Wildman–Crippen MR) is 84.7 cm³/mol. The summed E-state index contributed by atoms with van der Waals surface area (Å²) in [5, 5.41) is 3.17. The van der Waals surface area contributed by atoms with Gasteiger partial charge >= 0.3 is 0 Å². The molecule has 1 aliphatic heterocycles. The molecule has 3 rings (SSSR count). The summed E-state index contributed by atoms with van der Waals surface area (Å²) in [6, 6.07) is 7.64. The van der Waals surface area contributed by atoms with E-state index in [1.54, 1.807) is 12.3 Å². The Kier molecular flexibility index (Phi) is 4.82. The number of nitrogens with one attached hydrogen (secondary N) is 2. The Morgan fingerprint density at radius 1 is 1.27 bits per heavy atom. The Balaban J connectivity index is 1.55. The zero-order valence-electron chi connectivity index (χ0n) is 12.4. The van der Waals surface area contributed by atoms with Crippen LogP contribution in [-0.4, -0.2) is 41.2 Å². The van der Waals surface area contributed by atoms with E-state index in [2.05, 4.69) is 26.3 Å². The topological polar surface area (TPSA) is 70.2 Å². The van der Waals surface area contributed by atoms with Crippen molar-refractivity contribution in [3.63, 3.8) is 0 Å². The summed E-state index contributed by atoms with van der Waals surface area (Å²) in [7, 11) is 0. The van der Waals surface area contributed by atoms with Gasteiger partial charge < -0.3 is 15.0 Å². The van der Waals surface area contributed by atoms with Gasteiger partial charge in [0.25, 0.3) is 5.56 Å². The highest BCUT2D eigenvalue weighted by molar-refractivity contribution is 5.36. The normalized spacial score (nSPS) is 15.6. The van der Waals surface area contributed by atoms with Gasteiger partial charge in [-0.3, -0.25) is 9.69 Å². The van der Waals surface area contributed by atoms with Crippen molar-refractivity contribution in [1.29, 1.82) is 0 Å². The minimum atomic E-state index is -0.0704. The van der Waals surface area contributed by atoms with Crippen molar-refractivity contribution >= 4 is 5.82 Å². The molecule has 0 amide bonds. The van der Waals surface area contributed by atoms with Crippen molar-refractivity contribution < 1.29 is 4.74 Å². The molecule has 0 aromatic carbocycles. The standard InChI is InChI=1S/C16H20N4O2/c21-16-14(2-1-5-17-16)11-19-15-4-3-13(10-18-15)12-20-6-8-22-9-7-20/h1-5,10H,6-9,11-12H2,(H,17,21)(H,18,19). The minimum absolute atomic E-state index is 0.0704. The van der Waals surface area contributed by atoms with E-state index in [1.165, 1.54) is 5.56 Å². The van der Waals surface area contributed by atoms with Gasteiger partial charge in [0.05, 0.1) is 13.2 Å². The van der Waals surface area contributed by atoms with Crippen molar-refractivity contribution in [2.24, 2.45) is 0 Å². The van der Waals surface area contributed by atoms with Crippen LogP contribution in [0.2, 0.25) is 0 Å². The number of nitrogens with zero attached hydrogens (tertiary/aromatic N) is 2. The Hall–Kier alpha value is -2.18. The first-order chi connectivity index (χ1) is 10.8. The second-order valence-electron chi connectivity index (χ2n) is 5.32. The zero-order valence-corrected chi connectivity index (χ0v) is 12.4. The second-order valence-corrected chi connectivity index (χ2v) is 5.32. The Bertz CT molecular complexity index is 648. The molecule has 3 heterocycles. The van der Waals surface area contributed by atoms with Gasteiger partial charge in [-0.05, 0) is 17.7 Å². The molecule has 1 fully saturated rings. The quantitative estimate of drug-likeness (QED) is 0.868. The fourth-order valence-corrected chi connectivity index (χ4v) is 2.42. The van der Waals surface area contributed by atoms with Crippen molar-refractivity contribution in [3.8, 4) is 0 Å². The zero-order chi connectivity index (χ0) is 15.2. The van der Waals surface area contributed by atoms with Crippen LogP contribution in [0.5, 0.6) is 0 Å². The van der Waals surface area contributed by atoms with Gasteiger partial charge in [0.15, 0.2) is 0 Å². The lowest BCUT2D eigenvalue weighted by atomic mass is 10.2. The number of aromatic amines is 1. The highest BCUT2D eigenvalue weighted by Gasteiger charge is 2.10. The molecule has 2 aromatic rings. The van der Waals surface area contributed by atoms with Gasteiger partial charge in [-0.1, -0.05) is 12.1 Å². The molecule has 0 radical (unpaired) electrons. The van der Waals surface area contributed by atoms with E-state index >= 15 is 0 Å². The van der Waals surface area contributed by atoms with Gasteiger partial charge in [-0.25, -0.2) is 4.98 Å². The minimum Gasteiger partial charge on any atom is -0.379 e. The van der Waals surface area contributed by atoms with E-state index in [4.69, 9.17) is 4.74 Å². The first kappa shape index (κ1) is 14.7. The van der Waals surface area contributed by atoms with Crippen LogP contribution in [0.3, 0.4) is 0 Å². The molecule has 6 heteroatoms. The third-order valence-corrected chi connectivity index (χ3v) is 3.69. The number of pyridine rings is 2. The van der Waals surface area contributed by atoms with Crippen molar-refractivity contribution in [2.45, 2.75) is 13.1 Å². The van der Waals surface area contributed by atoms with Crippen LogP contribution in [0.15, 0.2) is 41.5 Å². The van der Waals surface area contributed by atoms with Gasteiger partial charge in [-0.2, -0.15) is 0 Å². The van der Waals surface area contributed by atoms with Crippen molar-refractivity contribution in [3.05, 3.63) is 58.1 Å². The van der Waals surface area contributed by atoms with Crippen LogP contribution in [0.1, 0.15) is 11.1 Å². The monoisotopic (exact) mass is 300 g/mol. The molecule has 1 saturated heterocycles. The summed E-state index contributed by atoms with van der Waals surface area (Å²) < 4.78 is 5.34. The number of aromatic nitrogens is 2. The van der Waals surface area contributed by atoms with E-state index in [9.17, 15) is 4.79 Å². The summed E-state index contributed by atoms with van der Waals surface area (Å²) in [4.78, 5) is 21.0. The highest BCUT2D eigenvalue weighted by Crippen LogP contribution is 2.10. The maximum absolute atomic E-state index is 11.6. The summed E-state index contributed by atoms with van der Waals surface area (Å²) in [6.07, 6.45) is 3.51. The van der Waals surface area contributed by atoms with Gasteiger partial charge in [-0.15, -0.1) is 0 Å². The SMILES string of the molecule is O=c1[nH]cccc1CNc1ccc(CN2CCOCC2)cn1. The smallest absolute Gasteiger partial charge is 0.252 e. The first-order valence-corrected chi connectivity index (χ1v) is 7.47. The van der Waals surface area contributed by atoms with Gasteiger partial charge in [0.1, 0.15) is 5.82 Å². The molecule has 0 atom stereocenters. The Labute approximate surface area is 129 Å². The third-order valence-electron chi connectivity index (χ3n) is 3.69. The average Bonchev–Trinajstić information content (AvgIpc) is 2.56. The third kappa shape index (κ3) is 3.93. The molecule has 0 spiro atoms. The fraction of sp³-hybridized carbons (Fsp3) is 0.375. The van der Waals surface area contributed by atoms with Crippen LogP contribution >= 0.6 is 0 Å². The van der Waals surface area contributed by atoms with Crippen LogP contribution in [-0.2, 0) is 17.8 Å². The highest BCUT2D eigenvalue weighted by atomic mass is 16.5. The maximum atomic E-state index is 11.6. The largest absolute Gasteiger partial charge is 0.379 e. The van der Waals surface area contributed by atoms with Crippen LogP contribution in [0.4, 0.5) is 5.82 Å². The second kappa shape index (κ2) is 7.20. The van der Waals surface area contributed by atoms with Crippen LogP contribution in [0, 0.1) is 0 Å². The van der Waals surface area contributed by atoms with Crippen molar-refractivity contribution in [2.75, 3.05) is 31.6 Å². The Morgan fingerprint density at radius 3 is 2.86 bits per heavy atom. The molecule has 0 bridgehead atoms. The summed E-state index contributed by atoms with van der Waals surface area (Å²) in [6.45, 7) is 4.91. The lowest BCUT2D eigenvalue weighted by molar-refractivity contribution is 0.0341. The molecular weight excluding hydrogens is 280 g/mol. The molecule has 0 aliphatic carbocycles. The summed E-state index contributed by atoms with van der Waals surface area (Å²) in [5.41, 5.74) is 1.81. The van der Waals surface area contributed by atoms with Gasteiger partial charge in [0.2, 0.25) is 0 Å². The molecule has 6 nitrogen and oxygen atoms in total. The summed E-state index contributed by atoms with van der Waals surface area (Å²) >= 11 is 0. The lowest BCUT2D eigenvalue weighted by Gasteiger charge is -2.26. The van der Waals surface area contributed by atoms with Gasteiger partial charge in [0, 0.05) is 44.1 Å². The number of hydrogen-bond donors (Lipinski definition) is 2. The molecule has 0 saturated carbocycles. The number of H-pyrrole nitrogens is 1. The fourth-order valence-electron chi connectivity index (χ4n) is 2.42. The summed E-state index contributed by atoms with van der Waals surface area (Å²) in [5.74, 6) is 0.772. The predicted octanol–water partition coefficient (Wildman–Crippen LogP) is 1.21. The Morgan fingerprint density at radius 2 is 2.14 bits per heavy atom. The molecule has 116 valence electrons. The molecule has 22 heavy (non-hydrogen) atoms. The van der Waals surface area contributed by atoms with Crippen LogP contribution in [0.25, 0.3) is 0 Å². The van der Waals surface area contributed by atoms with E-state index in [0.29, 0.717) is 12.1 Å². The van der Waals surface area contributed by atoms with Crippen LogP contribution < -0.4 is 10.9 Å².